The predicted octanol–water partition coefficient (Wildman–Crippen LogP) is 1.11. The third-order valence-electron chi connectivity index (χ3n) is 7.30. The van der Waals surface area contributed by atoms with Crippen LogP contribution in [0.2, 0.25) is 0 Å². The van der Waals surface area contributed by atoms with Crippen molar-refractivity contribution in [2.75, 3.05) is 55.6 Å². The number of aliphatic imine (C=N–C) groups is 1. The number of nitrogens with one attached hydrogen (secondary N) is 1. The highest BCUT2D eigenvalue weighted by Gasteiger charge is 2.38. The van der Waals surface area contributed by atoms with Crippen LogP contribution in [0.3, 0.4) is 0 Å². The topological polar surface area (TPSA) is 121 Å². The van der Waals surface area contributed by atoms with E-state index in [-0.39, 0.29) is 23.7 Å². The van der Waals surface area contributed by atoms with Crippen LogP contribution in [0.1, 0.15) is 17.7 Å². The van der Waals surface area contributed by atoms with E-state index in [1.165, 1.54) is 32.2 Å². The minimum Gasteiger partial charge on any atom is -0.498 e. The third kappa shape index (κ3) is 4.56. The molecule has 0 unspecified atom stereocenters. The largest absolute Gasteiger partial charge is 0.498 e. The Morgan fingerprint density at radius 2 is 1.87 bits per heavy atom. The lowest BCUT2D eigenvalue weighted by molar-refractivity contribution is -0.353. The Morgan fingerprint density at radius 1 is 1.13 bits per heavy atom. The Morgan fingerprint density at radius 3 is 2.56 bits per heavy atom. The number of aromatic nitrogens is 2. The molecule has 1 aromatic carbocycles. The summed E-state index contributed by atoms with van der Waals surface area (Å²) in [7, 11) is -2.29. The number of ether oxygens (including phenoxy) is 1. The Balaban J connectivity index is 1.42. The highest BCUT2D eigenvalue weighted by atomic mass is 32.2. The summed E-state index contributed by atoms with van der Waals surface area (Å²) in [5.41, 5.74) is 2.93. The molecule has 0 atom stereocenters. The lowest BCUT2D eigenvalue weighted by Gasteiger charge is -2.29. The molecular formula is C26H28FN6O5S+. The number of halogens is 1. The number of anilines is 2. The number of allylic oxidation sites excluding steroid dienone is 1. The minimum absolute atomic E-state index is 0.135. The minimum atomic E-state index is -3.80. The van der Waals surface area contributed by atoms with Crippen molar-refractivity contribution >= 4 is 32.9 Å². The maximum Gasteiger partial charge on any atom is 0.385 e. The van der Waals surface area contributed by atoms with Gasteiger partial charge < -0.3 is 14.7 Å². The van der Waals surface area contributed by atoms with Crippen molar-refractivity contribution in [3.05, 3.63) is 75.7 Å². The van der Waals surface area contributed by atoms with Crippen LogP contribution in [0.15, 0.2) is 58.1 Å². The maximum absolute atomic E-state index is 13.5. The fraction of sp³-hybridized carbons (Fsp3) is 0.346. The SMILES string of the molecule is CN1CCN(c2cc(N3CCOCC3)cn3c(=O)c(O)c(C4=NC=C(Cc5ccc(F)cc5)C4)[nH+]c23)S1(=O)=O. The first kappa shape index (κ1) is 25.5. The van der Waals surface area contributed by atoms with E-state index in [1.807, 2.05) is 4.90 Å². The van der Waals surface area contributed by atoms with Gasteiger partial charge in [0, 0.05) is 45.8 Å². The monoisotopic (exact) mass is 555 g/mol. The van der Waals surface area contributed by atoms with Gasteiger partial charge in [-0.1, -0.05) is 12.1 Å². The standard InChI is InChI=1S/C26H27FN6O5S/c1-30-6-7-33(39(30,36)37)22-14-20(31-8-10-38-11-9-31)16-32-25(22)29-23(24(34)26(32)35)21-13-18(15-28-21)12-17-2-4-19(27)5-3-17/h2-5,14-16,34H,6-13H2,1H3/p+1. The zero-order chi connectivity index (χ0) is 27.3. The number of rotatable bonds is 5. The Hall–Kier alpha value is -3.81. The van der Waals surface area contributed by atoms with E-state index >= 15 is 0 Å². The van der Waals surface area contributed by atoms with Gasteiger partial charge in [0.15, 0.2) is 5.69 Å². The van der Waals surface area contributed by atoms with Crippen LogP contribution in [0.5, 0.6) is 5.75 Å². The summed E-state index contributed by atoms with van der Waals surface area (Å²) < 4.78 is 48.9. The molecule has 11 nitrogen and oxygen atoms in total. The normalized spacial score (nSPS) is 19.5. The maximum atomic E-state index is 13.5. The van der Waals surface area contributed by atoms with Crippen molar-refractivity contribution in [1.29, 1.82) is 0 Å². The molecule has 204 valence electrons. The number of hydrogen-bond acceptors (Lipinski definition) is 7. The number of morpholine rings is 1. The van der Waals surface area contributed by atoms with Crippen LogP contribution in [0, 0.1) is 5.82 Å². The summed E-state index contributed by atoms with van der Waals surface area (Å²) in [6.07, 6.45) is 4.18. The molecule has 0 aliphatic carbocycles. The second-order valence-corrected chi connectivity index (χ2v) is 11.8. The zero-order valence-electron chi connectivity index (χ0n) is 21.3. The van der Waals surface area contributed by atoms with Crippen molar-refractivity contribution in [1.82, 2.24) is 8.71 Å². The lowest BCUT2D eigenvalue weighted by atomic mass is 10.0. The van der Waals surface area contributed by atoms with Gasteiger partial charge in [0.05, 0.1) is 24.6 Å². The van der Waals surface area contributed by atoms with Gasteiger partial charge in [0.2, 0.25) is 0 Å². The van der Waals surface area contributed by atoms with Crippen LogP contribution in [-0.4, -0.2) is 74.4 Å². The Labute approximate surface area is 224 Å². The summed E-state index contributed by atoms with van der Waals surface area (Å²) in [6.45, 7) is 2.70. The first-order chi connectivity index (χ1) is 18.7. The van der Waals surface area contributed by atoms with Gasteiger partial charge in [-0.25, -0.2) is 18.5 Å². The van der Waals surface area contributed by atoms with Crippen molar-refractivity contribution in [3.8, 4) is 5.75 Å². The zero-order valence-corrected chi connectivity index (χ0v) is 22.1. The molecular weight excluding hydrogens is 527 g/mol. The number of H-pyrrole nitrogens is 1. The van der Waals surface area contributed by atoms with Crippen LogP contribution in [0.4, 0.5) is 15.8 Å². The average Bonchev–Trinajstić information content (AvgIpc) is 3.50. The van der Waals surface area contributed by atoms with Gasteiger partial charge in [-0.2, -0.15) is 17.1 Å². The van der Waals surface area contributed by atoms with E-state index in [2.05, 4.69) is 9.98 Å². The van der Waals surface area contributed by atoms with E-state index in [0.29, 0.717) is 62.8 Å². The lowest BCUT2D eigenvalue weighted by Crippen LogP contribution is -2.38. The van der Waals surface area contributed by atoms with Crippen molar-refractivity contribution in [2.45, 2.75) is 12.8 Å². The van der Waals surface area contributed by atoms with E-state index in [9.17, 15) is 22.7 Å². The fourth-order valence-corrected chi connectivity index (χ4v) is 6.47. The number of fused-ring (bicyclic) bond motifs is 1. The third-order valence-corrected chi connectivity index (χ3v) is 9.20. The fourth-order valence-electron chi connectivity index (χ4n) is 5.12. The van der Waals surface area contributed by atoms with Crippen molar-refractivity contribution in [3.63, 3.8) is 0 Å². The van der Waals surface area contributed by atoms with E-state index in [4.69, 9.17) is 4.74 Å². The summed E-state index contributed by atoms with van der Waals surface area (Å²) in [5, 5.41) is 11.0. The van der Waals surface area contributed by atoms with Gasteiger partial charge in [-0.3, -0.25) is 4.99 Å². The number of aromatic amines is 1. The molecule has 5 heterocycles. The van der Waals surface area contributed by atoms with Crippen LogP contribution in [-0.2, 0) is 21.4 Å². The average molecular weight is 556 g/mol. The number of benzene rings is 1. The molecule has 0 bridgehead atoms. The molecule has 2 saturated heterocycles. The summed E-state index contributed by atoms with van der Waals surface area (Å²) in [5.74, 6) is -0.819. The number of aromatic hydroxyl groups is 1. The molecule has 0 spiro atoms. The van der Waals surface area contributed by atoms with Crippen molar-refractivity contribution in [2.24, 2.45) is 4.99 Å². The molecule has 39 heavy (non-hydrogen) atoms. The van der Waals surface area contributed by atoms with Crippen LogP contribution >= 0.6 is 0 Å². The molecule has 6 rings (SSSR count). The first-order valence-electron chi connectivity index (χ1n) is 12.6. The Bertz CT molecular complexity index is 1680. The highest BCUT2D eigenvalue weighted by Crippen LogP contribution is 2.32. The molecule has 2 aromatic heterocycles. The quantitative estimate of drug-likeness (QED) is 0.504. The van der Waals surface area contributed by atoms with Gasteiger partial charge >= 0.3 is 21.4 Å². The second kappa shape index (κ2) is 9.74. The molecule has 2 N–H and O–H groups in total. The van der Waals surface area contributed by atoms with Crippen LogP contribution < -0.4 is 19.7 Å². The molecule has 0 amide bonds. The molecule has 2 fully saturated rings. The van der Waals surface area contributed by atoms with E-state index < -0.39 is 21.5 Å². The summed E-state index contributed by atoms with van der Waals surface area (Å²) in [6, 6.07) is 7.95. The van der Waals surface area contributed by atoms with Crippen LogP contribution in [0.25, 0.3) is 5.65 Å². The molecule has 13 heteroatoms. The highest BCUT2D eigenvalue weighted by molar-refractivity contribution is 7.90. The van der Waals surface area contributed by atoms with E-state index in [0.717, 1.165) is 11.1 Å². The van der Waals surface area contributed by atoms with Gasteiger partial charge in [-0.05, 0) is 35.8 Å². The molecule has 3 aromatic rings. The number of likely N-dealkylation sites (N-methyl/N-ethyl adjacent to an activating group) is 1. The van der Waals surface area contributed by atoms with Crippen molar-refractivity contribution < 1.29 is 27.6 Å². The smallest absolute Gasteiger partial charge is 0.385 e. The first-order valence-corrected chi connectivity index (χ1v) is 14.0. The summed E-state index contributed by atoms with van der Waals surface area (Å²) >= 11 is 0. The molecule has 0 radical (unpaired) electrons. The van der Waals surface area contributed by atoms with Gasteiger partial charge in [0.25, 0.3) is 5.75 Å². The number of pyridine rings is 1. The molecule has 3 aliphatic rings. The summed E-state index contributed by atoms with van der Waals surface area (Å²) in [4.78, 5) is 23.1. The molecule has 0 saturated carbocycles. The number of nitrogens with zero attached hydrogens (tertiary/aromatic N) is 5. The Kier molecular flexibility index (Phi) is 6.36. The van der Waals surface area contributed by atoms with Gasteiger partial charge in [-0.15, -0.1) is 0 Å². The molecule has 3 aliphatic heterocycles. The number of hydrogen-bond donors (Lipinski definition) is 1. The second-order valence-electron chi connectivity index (χ2n) is 9.80. The predicted molar refractivity (Wildman–Crippen MR) is 143 cm³/mol. The van der Waals surface area contributed by atoms with Gasteiger partial charge in [0.1, 0.15) is 17.7 Å². The van der Waals surface area contributed by atoms with E-state index in [1.54, 1.807) is 30.6 Å².